The number of carbonyl (C=O) groups excluding carboxylic acids is 2. The number of nitrogens with zero attached hydrogens (tertiary/aromatic N) is 1. The van der Waals surface area contributed by atoms with E-state index in [9.17, 15) is 19.7 Å². The summed E-state index contributed by atoms with van der Waals surface area (Å²) in [4.78, 5) is 31.7. The lowest BCUT2D eigenvalue weighted by Crippen LogP contribution is -2.09. The van der Waals surface area contributed by atoms with Crippen LogP contribution in [0.4, 0.5) is 11.4 Å². The van der Waals surface area contributed by atoms with Gasteiger partial charge in [0, 0.05) is 5.02 Å². The van der Waals surface area contributed by atoms with Crippen LogP contribution in [0.25, 0.3) is 0 Å². The molecule has 0 aliphatic heterocycles. The van der Waals surface area contributed by atoms with Gasteiger partial charge < -0.3 is 10.1 Å². The number of anilines is 1. The topological polar surface area (TPSA) is 98.5 Å². The van der Waals surface area contributed by atoms with Gasteiger partial charge in [-0.15, -0.1) is 0 Å². The number of rotatable bonds is 4. The number of ether oxygens (including phenoxy) is 1. The fourth-order valence-corrected chi connectivity index (χ4v) is 1.45. The summed E-state index contributed by atoms with van der Waals surface area (Å²) in [6.45, 7) is 0. The molecule has 0 radical (unpaired) electrons. The Morgan fingerprint density at radius 3 is 2.71 bits per heavy atom. The van der Waals surface area contributed by atoms with Crippen molar-refractivity contribution in [2.45, 2.75) is 0 Å². The lowest BCUT2D eigenvalue weighted by molar-refractivity contribution is -0.384. The number of nitro groups is 1. The number of methoxy groups -OCH3 is 1. The van der Waals surface area contributed by atoms with Crippen LogP contribution < -0.4 is 5.32 Å². The first kappa shape index (κ1) is 12.9. The van der Waals surface area contributed by atoms with E-state index < -0.39 is 16.6 Å². The second kappa shape index (κ2) is 5.26. The summed E-state index contributed by atoms with van der Waals surface area (Å²) in [5.74, 6) is -0.909. The van der Waals surface area contributed by atoms with E-state index in [1.807, 2.05) is 0 Å². The highest BCUT2D eigenvalue weighted by molar-refractivity contribution is 6.31. The van der Waals surface area contributed by atoms with Crippen LogP contribution >= 0.6 is 11.6 Å². The first-order valence-electron chi connectivity index (χ1n) is 4.27. The van der Waals surface area contributed by atoms with E-state index in [2.05, 4.69) is 10.1 Å². The van der Waals surface area contributed by atoms with Crippen molar-refractivity contribution < 1.29 is 19.2 Å². The zero-order chi connectivity index (χ0) is 13.0. The van der Waals surface area contributed by atoms with Crippen molar-refractivity contribution in [2.24, 2.45) is 0 Å². The summed E-state index contributed by atoms with van der Waals surface area (Å²) in [5.41, 5.74) is -1.05. The van der Waals surface area contributed by atoms with Crippen LogP contribution in [0.1, 0.15) is 10.4 Å². The Labute approximate surface area is 100 Å². The molecule has 1 rings (SSSR count). The maximum atomic E-state index is 11.3. The third-order valence-corrected chi connectivity index (χ3v) is 2.10. The van der Waals surface area contributed by atoms with Crippen LogP contribution in [0, 0.1) is 10.1 Å². The van der Waals surface area contributed by atoms with Gasteiger partial charge in [0.25, 0.3) is 0 Å². The molecule has 0 aromatic heterocycles. The van der Waals surface area contributed by atoms with Crippen LogP contribution in [0.5, 0.6) is 0 Å². The molecule has 90 valence electrons. The number of halogens is 1. The quantitative estimate of drug-likeness (QED) is 0.383. The second-order valence-corrected chi connectivity index (χ2v) is 3.30. The van der Waals surface area contributed by atoms with Gasteiger partial charge in [0.2, 0.25) is 6.41 Å². The molecule has 0 saturated carbocycles. The third kappa shape index (κ3) is 2.70. The molecular formula is C9H7ClN2O5. The first-order valence-corrected chi connectivity index (χ1v) is 4.65. The number of hydrogen-bond donors (Lipinski definition) is 1. The number of nitro benzene ring substituents is 1. The van der Waals surface area contributed by atoms with E-state index >= 15 is 0 Å². The van der Waals surface area contributed by atoms with E-state index in [4.69, 9.17) is 11.6 Å². The molecule has 1 aromatic rings. The van der Waals surface area contributed by atoms with E-state index in [1.165, 1.54) is 6.07 Å². The Morgan fingerprint density at radius 1 is 1.59 bits per heavy atom. The number of hydrogen-bond acceptors (Lipinski definition) is 5. The smallest absolute Gasteiger partial charge is 0.345 e. The van der Waals surface area contributed by atoms with Crippen molar-refractivity contribution in [3.8, 4) is 0 Å². The molecule has 0 aliphatic carbocycles. The average Bonchev–Trinajstić information content (AvgIpc) is 2.27. The highest BCUT2D eigenvalue weighted by Gasteiger charge is 2.26. The van der Waals surface area contributed by atoms with Crippen molar-refractivity contribution in [3.63, 3.8) is 0 Å². The van der Waals surface area contributed by atoms with Crippen LogP contribution in [0.2, 0.25) is 5.02 Å². The normalized spacial score (nSPS) is 9.53. The first-order chi connectivity index (χ1) is 8.01. The molecule has 17 heavy (non-hydrogen) atoms. The molecule has 0 saturated heterocycles. The van der Waals surface area contributed by atoms with Gasteiger partial charge in [0.15, 0.2) is 0 Å². The van der Waals surface area contributed by atoms with Crippen molar-refractivity contribution >= 4 is 35.4 Å². The van der Waals surface area contributed by atoms with E-state index in [-0.39, 0.29) is 22.7 Å². The highest BCUT2D eigenvalue weighted by atomic mass is 35.5. The SMILES string of the molecule is COC(=O)c1cc(Cl)cc(NC=O)c1[N+](=O)[O-]. The van der Waals surface area contributed by atoms with Gasteiger partial charge in [0.1, 0.15) is 11.3 Å². The Bertz CT molecular complexity index is 489. The minimum Gasteiger partial charge on any atom is -0.465 e. The zero-order valence-electron chi connectivity index (χ0n) is 8.60. The van der Waals surface area contributed by atoms with Crippen LogP contribution in [-0.4, -0.2) is 24.4 Å². The summed E-state index contributed by atoms with van der Waals surface area (Å²) >= 11 is 5.68. The van der Waals surface area contributed by atoms with Gasteiger partial charge in [-0.3, -0.25) is 14.9 Å². The number of amides is 1. The van der Waals surface area contributed by atoms with Gasteiger partial charge in [0.05, 0.1) is 12.0 Å². The Hall–Kier alpha value is -2.15. The minimum absolute atomic E-state index is 0.0698. The number of esters is 1. The van der Waals surface area contributed by atoms with Gasteiger partial charge in [-0.1, -0.05) is 11.6 Å². The lowest BCUT2D eigenvalue weighted by atomic mass is 10.1. The maximum absolute atomic E-state index is 11.3. The highest BCUT2D eigenvalue weighted by Crippen LogP contribution is 2.32. The largest absolute Gasteiger partial charge is 0.465 e. The molecule has 0 spiro atoms. The lowest BCUT2D eigenvalue weighted by Gasteiger charge is -2.06. The molecule has 1 N–H and O–H groups in total. The Balaban J connectivity index is 3.50. The maximum Gasteiger partial charge on any atom is 0.345 e. The van der Waals surface area contributed by atoms with Crippen molar-refractivity contribution in [1.29, 1.82) is 0 Å². The molecule has 0 heterocycles. The molecule has 0 aliphatic rings. The van der Waals surface area contributed by atoms with E-state index in [0.717, 1.165) is 13.2 Å². The van der Waals surface area contributed by atoms with Gasteiger partial charge in [-0.05, 0) is 12.1 Å². The molecule has 1 aromatic carbocycles. The Morgan fingerprint density at radius 2 is 2.24 bits per heavy atom. The standard InChI is InChI=1S/C9H7ClN2O5/c1-17-9(14)6-2-5(10)3-7(11-4-13)8(6)12(15)16/h2-4H,1H3,(H,11,13). The summed E-state index contributed by atoms with van der Waals surface area (Å²) in [6.07, 6.45) is 0.250. The molecule has 1 amide bonds. The molecule has 8 heteroatoms. The van der Waals surface area contributed by atoms with Crippen molar-refractivity contribution in [2.75, 3.05) is 12.4 Å². The molecule has 0 unspecified atom stereocenters. The summed E-state index contributed by atoms with van der Waals surface area (Å²) in [7, 11) is 1.08. The Kier molecular flexibility index (Phi) is 4.00. The second-order valence-electron chi connectivity index (χ2n) is 2.86. The number of nitrogens with one attached hydrogen (secondary N) is 1. The van der Waals surface area contributed by atoms with E-state index in [1.54, 1.807) is 0 Å². The fraction of sp³-hybridized carbons (Fsp3) is 0.111. The fourth-order valence-electron chi connectivity index (χ4n) is 1.24. The molecular weight excluding hydrogens is 252 g/mol. The van der Waals surface area contributed by atoms with Crippen molar-refractivity contribution in [3.05, 3.63) is 32.8 Å². The predicted molar refractivity (Wildman–Crippen MR) is 59.1 cm³/mol. The summed E-state index contributed by atoms with van der Waals surface area (Å²) < 4.78 is 4.40. The van der Waals surface area contributed by atoms with Gasteiger partial charge in [-0.25, -0.2) is 4.79 Å². The molecule has 0 fully saturated rings. The zero-order valence-corrected chi connectivity index (χ0v) is 9.35. The molecule has 0 bridgehead atoms. The van der Waals surface area contributed by atoms with Crippen LogP contribution in [-0.2, 0) is 9.53 Å². The average molecular weight is 259 g/mol. The minimum atomic E-state index is -0.909. The molecule has 0 atom stereocenters. The molecule has 7 nitrogen and oxygen atoms in total. The van der Waals surface area contributed by atoms with Gasteiger partial charge >= 0.3 is 11.7 Å². The van der Waals surface area contributed by atoms with Crippen LogP contribution in [0.3, 0.4) is 0 Å². The monoisotopic (exact) mass is 258 g/mol. The summed E-state index contributed by atoms with van der Waals surface area (Å²) in [6, 6.07) is 2.27. The number of benzene rings is 1. The van der Waals surface area contributed by atoms with Gasteiger partial charge in [-0.2, -0.15) is 0 Å². The van der Waals surface area contributed by atoms with Crippen molar-refractivity contribution in [1.82, 2.24) is 0 Å². The predicted octanol–water partition coefficient (Wildman–Crippen LogP) is 1.60. The van der Waals surface area contributed by atoms with E-state index in [0.29, 0.717) is 0 Å². The summed E-state index contributed by atoms with van der Waals surface area (Å²) in [5, 5.41) is 13.0. The van der Waals surface area contributed by atoms with Crippen LogP contribution in [0.15, 0.2) is 12.1 Å². The number of carbonyl (C=O) groups is 2. The third-order valence-electron chi connectivity index (χ3n) is 1.88.